The normalized spacial score (nSPS) is 9.95. The molecule has 0 bridgehead atoms. The van der Waals surface area contributed by atoms with Crippen LogP contribution in [0.15, 0.2) is 42.5 Å². The van der Waals surface area contributed by atoms with Crippen molar-refractivity contribution in [1.29, 1.82) is 5.26 Å². The zero-order valence-electron chi connectivity index (χ0n) is 10.3. The highest BCUT2D eigenvalue weighted by Crippen LogP contribution is 2.20. The second-order valence-electron chi connectivity index (χ2n) is 4.05. The molecule has 96 valence electrons. The molecule has 0 heterocycles. The molecule has 0 unspecified atom stereocenters. The van der Waals surface area contributed by atoms with Gasteiger partial charge in [0.15, 0.2) is 0 Å². The number of ether oxygens (including phenoxy) is 1. The van der Waals surface area contributed by atoms with Gasteiger partial charge in [-0.1, -0.05) is 29.8 Å². The SMILES string of the molecule is N#Cc1ccc(COc2ccc(CN)cc2)c(Cl)c1. The van der Waals surface area contributed by atoms with Crippen LogP contribution in [0.25, 0.3) is 0 Å². The van der Waals surface area contributed by atoms with Crippen molar-refractivity contribution in [3.63, 3.8) is 0 Å². The van der Waals surface area contributed by atoms with E-state index in [2.05, 4.69) is 0 Å². The number of hydrogen-bond donors (Lipinski definition) is 1. The predicted molar refractivity (Wildman–Crippen MR) is 74.8 cm³/mol. The first kappa shape index (κ1) is 13.4. The van der Waals surface area contributed by atoms with Gasteiger partial charge in [-0.15, -0.1) is 0 Å². The Balaban J connectivity index is 2.04. The number of benzene rings is 2. The van der Waals surface area contributed by atoms with E-state index in [0.29, 0.717) is 23.7 Å². The summed E-state index contributed by atoms with van der Waals surface area (Å²) in [7, 11) is 0. The monoisotopic (exact) mass is 272 g/mol. The van der Waals surface area contributed by atoms with Crippen molar-refractivity contribution in [2.75, 3.05) is 0 Å². The molecule has 0 radical (unpaired) electrons. The minimum atomic E-state index is 0.368. The molecule has 2 rings (SSSR count). The number of halogens is 1. The Kier molecular flexibility index (Phi) is 4.40. The standard InChI is InChI=1S/C15H13ClN2O/c16-15-7-12(9-18)1-4-13(15)10-19-14-5-2-11(8-17)3-6-14/h1-7H,8,10,17H2. The van der Waals surface area contributed by atoms with Crippen LogP contribution >= 0.6 is 11.6 Å². The number of nitrogens with zero attached hydrogens (tertiary/aromatic N) is 1. The Labute approximate surface area is 117 Å². The van der Waals surface area contributed by atoms with Crippen LogP contribution in [-0.2, 0) is 13.2 Å². The highest BCUT2D eigenvalue weighted by Gasteiger charge is 2.03. The van der Waals surface area contributed by atoms with Gasteiger partial charge >= 0.3 is 0 Å². The number of nitrogens with two attached hydrogens (primary N) is 1. The highest BCUT2D eigenvalue weighted by molar-refractivity contribution is 6.31. The third-order valence-electron chi connectivity index (χ3n) is 2.74. The molecule has 0 saturated carbocycles. The largest absolute Gasteiger partial charge is 0.489 e. The number of rotatable bonds is 4. The Hall–Kier alpha value is -2.02. The fraction of sp³-hybridized carbons (Fsp3) is 0.133. The molecule has 19 heavy (non-hydrogen) atoms. The molecule has 3 nitrogen and oxygen atoms in total. The van der Waals surface area contributed by atoms with E-state index in [1.54, 1.807) is 18.2 Å². The quantitative estimate of drug-likeness (QED) is 0.929. The Morgan fingerprint density at radius 3 is 2.47 bits per heavy atom. The first-order valence-electron chi connectivity index (χ1n) is 5.83. The lowest BCUT2D eigenvalue weighted by Crippen LogP contribution is -1.98. The minimum Gasteiger partial charge on any atom is -0.489 e. The van der Waals surface area contributed by atoms with Crippen LogP contribution in [0.3, 0.4) is 0 Å². The average Bonchev–Trinajstić information content (AvgIpc) is 2.46. The smallest absolute Gasteiger partial charge is 0.119 e. The maximum atomic E-state index is 8.76. The zero-order chi connectivity index (χ0) is 13.7. The highest BCUT2D eigenvalue weighted by atomic mass is 35.5. The van der Waals surface area contributed by atoms with Gasteiger partial charge in [0.2, 0.25) is 0 Å². The van der Waals surface area contributed by atoms with E-state index in [1.807, 2.05) is 30.3 Å². The van der Waals surface area contributed by atoms with Crippen LogP contribution in [0.5, 0.6) is 5.75 Å². The predicted octanol–water partition coefficient (Wildman–Crippen LogP) is 3.25. The van der Waals surface area contributed by atoms with E-state index in [0.717, 1.165) is 16.9 Å². The Morgan fingerprint density at radius 1 is 1.16 bits per heavy atom. The summed E-state index contributed by atoms with van der Waals surface area (Å²) in [5.41, 5.74) is 7.98. The van der Waals surface area contributed by atoms with Crippen LogP contribution in [0, 0.1) is 11.3 Å². The van der Waals surface area contributed by atoms with Crippen molar-refractivity contribution in [2.45, 2.75) is 13.2 Å². The van der Waals surface area contributed by atoms with E-state index >= 15 is 0 Å². The molecule has 2 aromatic rings. The van der Waals surface area contributed by atoms with Crippen LogP contribution in [-0.4, -0.2) is 0 Å². The van der Waals surface area contributed by atoms with E-state index in [4.69, 9.17) is 27.3 Å². The summed E-state index contributed by atoms with van der Waals surface area (Å²) in [6.45, 7) is 0.883. The summed E-state index contributed by atoms with van der Waals surface area (Å²) in [6, 6.07) is 14.8. The summed E-state index contributed by atoms with van der Waals surface area (Å²) in [5.74, 6) is 0.762. The molecule has 0 aliphatic heterocycles. The van der Waals surface area contributed by atoms with Crippen LogP contribution in [0.4, 0.5) is 0 Å². The van der Waals surface area contributed by atoms with E-state index < -0.39 is 0 Å². The molecule has 0 aliphatic carbocycles. The lowest BCUT2D eigenvalue weighted by molar-refractivity contribution is 0.306. The van der Waals surface area contributed by atoms with Crippen molar-refractivity contribution in [3.05, 3.63) is 64.2 Å². The van der Waals surface area contributed by atoms with Gasteiger partial charge in [-0.2, -0.15) is 5.26 Å². The van der Waals surface area contributed by atoms with Crippen molar-refractivity contribution in [2.24, 2.45) is 5.73 Å². The van der Waals surface area contributed by atoms with Gasteiger partial charge < -0.3 is 10.5 Å². The van der Waals surface area contributed by atoms with Crippen LogP contribution in [0.2, 0.25) is 5.02 Å². The van der Waals surface area contributed by atoms with E-state index in [1.165, 1.54) is 0 Å². The second-order valence-corrected chi connectivity index (χ2v) is 4.46. The maximum Gasteiger partial charge on any atom is 0.119 e. The third kappa shape index (κ3) is 3.47. The average molecular weight is 273 g/mol. The Bertz CT molecular complexity index is 603. The molecule has 4 heteroatoms. The first-order valence-corrected chi connectivity index (χ1v) is 6.21. The molecule has 0 saturated heterocycles. The van der Waals surface area contributed by atoms with Gasteiger partial charge in [-0.25, -0.2) is 0 Å². The topological polar surface area (TPSA) is 59.0 Å². The molecular formula is C15H13ClN2O. The lowest BCUT2D eigenvalue weighted by atomic mass is 10.1. The van der Waals surface area contributed by atoms with Crippen molar-refractivity contribution in [1.82, 2.24) is 0 Å². The van der Waals surface area contributed by atoms with Gasteiger partial charge in [-0.05, 0) is 29.8 Å². The van der Waals surface area contributed by atoms with E-state index in [9.17, 15) is 0 Å². The van der Waals surface area contributed by atoms with Crippen LogP contribution < -0.4 is 10.5 Å². The fourth-order valence-corrected chi connectivity index (χ4v) is 1.85. The van der Waals surface area contributed by atoms with E-state index in [-0.39, 0.29) is 0 Å². The summed E-state index contributed by atoms with van der Waals surface area (Å²) in [6.07, 6.45) is 0. The fourth-order valence-electron chi connectivity index (χ4n) is 1.62. The first-order chi connectivity index (χ1) is 9.22. The van der Waals surface area contributed by atoms with Crippen LogP contribution in [0.1, 0.15) is 16.7 Å². The molecule has 2 aromatic carbocycles. The zero-order valence-corrected chi connectivity index (χ0v) is 11.0. The number of hydrogen-bond acceptors (Lipinski definition) is 3. The molecule has 0 fully saturated rings. The van der Waals surface area contributed by atoms with Crippen molar-refractivity contribution in [3.8, 4) is 11.8 Å². The van der Waals surface area contributed by atoms with Crippen molar-refractivity contribution < 1.29 is 4.74 Å². The Morgan fingerprint density at radius 2 is 1.89 bits per heavy atom. The van der Waals surface area contributed by atoms with Gasteiger partial charge in [0.1, 0.15) is 12.4 Å². The molecule has 0 spiro atoms. The summed E-state index contributed by atoms with van der Waals surface area (Å²) in [5, 5.41) is 9.30. The van der Waals surface area contributed by atoms with Gasteiger partial charge in [0.25, 0.3) is 0 Å². The lowest BCUT2D eigenvalue weighted by Gasteiger charge is -2.08. The third-order valence-corrected chi connectivity index (χ3v) is 3.09. The van der Waals surface area contributed by atoms with Gasteiger partial charge in [-0.3, -0.25) is 0 Å². The minimum absolute atomic E-state index is 0.368. The van der Waals surface area contributed by atoms with Gasteiger partial charge in [0.05, 0.1) is 11.6 Å². The molecule has 0 aliphatic rings. The summed E-state index contributed by atoms with van der Waals surface area (Å²) in [4.78, 5) is 0. The molecule has 2 N–H and O–H groups in total. The number of nitriles is 1. The maximum absolute atomic E-state index is 8.76. The molecule has 0 amide bonds. The summed E-state index contributed by atoms with van der Waals surface area (Å²) < 4.78 is 5.64. The van der Waals surface area contributed by atoms with Gasteiger partial charge in [0, 0.05) is 17.1 Å². The molecule has 0 aromatic heterocycles. The molecular weight excluding hydrogens is 260 g/mol. The summed E-state index contributed by atoms with van der Waals surface area (Å²) >= 11 is 6.07. The second kappa shape index (κ2) is 6.24. The van der Waals surface area contributed by atoms with Crippen molar-refractivity contribution >= 4 is 11.6 Å². The molecule has 0 atom stereocenters.